The van der Waals surface area contributed by atoms with Crippen LogP contribution in [0.1, 0.15) is 0 Å². The van der Waals surface area contributed by atoms with Gasteiger partial charge in [-0.2, -0.15) is 5.10 Å². The van der Waals surface area contributed by atoms with Crippen LogP contribution in [-0.4, -0.2) is 18.6 Å². The first-order valence-electron chi connectivity index (χ1n) is 4.67. The monoisotopic (exact) mass is 350 g/mol. The number of nitrogens with one attached hydrogen (secondary N) is 2. The zero-order chi connectivity index (χ0) is 13.3. The minimum absolute atomic E-state index is 0.0208. The second kappa shape index (κ2) is 4.79. The van der Waals surface area contributed by atoms with Gasteiger partial charge in [0.15, 0.2) is 0 Å². The summed E-state index contributed by atoms with van der Waals surface area (Å²) in [7, 11) is -3.78. The highest BCUT2D eigenvalue weighted by Gasteiger charge is 2.20. The van der Waals surface area contributed by atoms with Crippen molar-refractivity contribution >= 4 is 49.1 Å². The Kier molecular flexibility index (Phi) is 3.51. The molecule has 0 atom stereocenters. The number of sulfonamides is 1. The minimum Gasteiger partial charge on any atom is -0.383 e. The average molecular weight is 352 g/mol. The molecule has 96 valence electrons. The Hall–Kier alpha value is -1.25. The number of benzene rings is 1. The summed E-state index contributed by atoms with van der Waals surface area (Å²) in [4.78, 5) is -0.107. The molecule has 0 fully saturated rings. The molecule has 0 bridgehead atoms. The molecule has 0 saturated heterocycles. The van der Waals surface area contributed by atoms with Gasteiger partial charge in [-0.15, -0.1) is 0 Å². The fourth-order valence-electron chi connectivity index (χ4n) is 1.27. The molecule has 1 aromatic heterocycles. The number of H-pyrrole nitrogens is 1. The van der Waals surface area contributed by atoms with E-state index in [4.69, 9.17) is 17.3 Å². The zero-order valence-electron chi connectivity index (χ0n) is 8.81. The number of rotatable bonds is 3. The van der Waals surface area contributed by atoms with E-state index in [9.17, 15) is 8.42 Å². The number of nitrogen functional groups attached to an aromatic ring is 1. The lowest BCUT2D eigenvalue weighted by atomic mass is 10.3. The molecule has 0 spiro atoms. The van der Waals surface area contributed by atoms with Crippen molar-refractivity contribution in [2.45, 2.75) is 4.90 Å². The normalized spacial score (nSPS) is 11.4. The Balaban J connectivity index is 2.37. The molecule has 9 heteroatoms. The van der Waals surface area contributed by atoms with E-state index in [1.54, 1.807) is 18.2 Å². The number of hydrogen-bond donors (Lipinski definition) is 3. The number of anilines is 2. The Morgan fingerprint density at radius 2 is 2.17 bits per heavy atom. The quantitative estimate of drug-likeness (QED) is 0.789. The Morgan fingerprint density at radius 3 is 2.72 bits per heavy atom. The summed E-state index contributed by atoms with van der Waals surface area (Å²) >= 11 is 8.99. The maximum atomic E-state index is 12.0. The standard InChI is InChI=1S/C9H8BrClN4O2S/c10-6-3-5(11)1-2-7(6)15-18(16,17)8-4-13-14-9(8)12/h1-4,15H,(H3,12,13,14). The number of nitrogens with two attached hydrogens (primary N) is 1. The third-order valence-electron chi connectivity index (χ3n) is 2.10. The fourth-order valence-corrected chi connectivity index (χ4v) is 3.29. The third-order valence-corrected chi connectivity index (χ3v) is 4.38. The first-order chi connectivity index (χ1) is 8.40. The molecule has 0 aliphatic heterocycles. The van der Waals surface area contributed by atoms with Crippen molar-refractivity contribution in [1.29, 1.82) is 0 Å². The first kappa shape index (κ1) is 13.2. The highest BCUT2D eigenvalue weighted by Crippen LogP contribution is 2.28. The van der Waals surface area contributed by atoms with E-state index in [1.807, 2.05) is 0 Å². The molecule has 0 aliphatic carbocycles. The molecule has 0 aliphatic rings. The zero-order valence-corrected chi connectivity index (χ0v) is 12.0. The van der Waals surface area contributed by atoms with E-state index in [2.05, 4.69) is 30.8 Å². The van der Waals surface area contributed by atoms with Gasteiger partial charge in [-0.1, -0.05) is 11.6 Å². The predicted octanol–water partition coefficient (Wildman–Crippen LogP) is 2.21. The summed E-state index contributed by atoms with van der Waals surface area (Å²) in [6, 6.07) is 4.70. The van der Waals surface area contributed by atoms with Crippen molar-refractivity contribution in [2.75, 3.05) is 10.5 Å². The van der Waals surface area contributed by atoms with E-state index in [1.165, 1.54) is 0 Å². The molecule has 0 radical (unpaired) electrons. The van der Waals surface area contributed by atoms with Crippen molar-refractivity contribution < 1.29 is 8.42 Å². The van der Waals surface area contributed by atoms with Crippen LogP contribution in [0.15, 0.2) is 33.8 Å². The molecule has 18 heavy (non-hydrogen) atoms. The molecule has 0 unspecified atom stereocenters. The van der Waals surface area contributed by atoms with Crippen molar-refractivity contribution in [3.05, 3.63) is 33.9 Å². The van der Waals surface area contributed by atoms with E-state index in [0.29, 0.717) is 15.2 Å². The van der Waals surface area contributed by atoms with Crippen LogP contribution in [-0.2, 0) is 10.0 Å². The second-order valence-corrected chi connectivity index (χ2v) is 6.32. The van der Waals surface area contributed by atoms with Crippen LogP contribution in [0, 0.1) is 0 Å². The number of aromatic nitrogens is 2. The maximum Gasteiger partial charge on any atom is 0.267 e. The average Bonchev–Trinajstić information content (AvgIpc) is 2.69. The summed E-state index contributed by atoms with van der Waals surface area (Å²) in [6.45, 7) is 0. The summed E-state index contributed by atoms with van der Waals surface area (Å²) in [5.41, 5.74) is 5.83. The van der Waals surface area contributed by atoms with E-state index in [-0.39, 0.29) is 10.7 Å². The van der Waals surface area contributed by atoms with Gasteiger partial charge in [-0.25, -0.2) is 8.42 Å². The van der Waals surface area contributed by atoms with Crippen molar-refractivity contribution in [3.63, 3.8) is 0 Å². The lowest BCUT2D eigenvalue weighted by Crippen LogP contribution is -2.14. The molecular formula is C9H8BrClN4O2S. The van der Waals surface area contributed by atoms with Crippen LogP contribution in [0.5, 0.6) is 0 Å². The Morgan fingerprint density at radius 1 is 1.44 bits per heavy atom. The van der Waals surface area contributed by atoms with Crippen molar-refractivity contribution in [3.8, 4) is 0 Å². The van der Waals surface area contributed by atoms with Crippen LogP contribution in [0.3, 0.4) is 0 Å². The molecular weight excluding hydrogens is 344 g/mol. The number of aromatic amines is 1. The maximum absolute atomic E-state index is 12.0. The molecule has 1 aromatic carbocycles. The SMILES string of the molecule is Nc1[nH]ncc1S(=O)(=O)Nc1ccc(Cl)cc1Br. The van der Waals surface area contributed by atoms with Crippen molar-refractivity contribution in [1.82, 2.24) is 10.2 Å². The molecule has 6 nitrogen and oxygen atoms in total. The van der Waals surface area contributed by atoms with E-state index in [0.717, 1.165) is 6.20 Å². The highest BCUT2D eigenvalue weighted by atomic mass is 79.9. The molecule has 2 aromatic rings. The van der Waals surface area contributed by atoms with Crippen molar-refractivity contribution in [2.24, 2.45) is 0 Å². The van der Waals surface area contributed by atoms with Crippen LogP contribution in [0.4, 0.5) is 11.5 Å². The summed E-state index contributed by atoms with van der Waals surface area (Å²) in [5, 5.41) is 6.42. The van der Waals surface area contributed by atoms with E-state index < -0.39 is 10.0 Å². The summed E-state index contributed by atoms with van der Waals surface area (Å²) in [6.07, 6.45) is 1.14. The van der Waals surface area contributed by atoms with Crippen LogP contribution in [0.2, 0.25) is 5.02 Å². The smallest absolute Gasteiger partial charge is 0.267 e. The first-order valence-corrected chi connectivity index (χ1v) is 7.32. The van der Waals surface area contributed by atoms with Gasteiger partial charge in [0.05, 0.1) is 11.9 Å². The lowest BCUT2D eigenvalue weighted by molar-refractivity contribution is 0.601. The number of halogens is 2. The molecule has 4 N–H and O–H groups in total. The van der Waals surface area contributed by atoms with Crippen LogP contribution < -0.4 is 10.5 Å². The van der Waals surface area contributed by atoms with Gasteiger partial charge < -0.3 is 5.73 Å². The number of nitrogens with zero attached hydrogens (tertiary/aromatic N) is 1. The highest BCUT2D eigenvalue weighted by molar-refractivity contribution is 9.10. The summed E-state index contributed by atoms with van der Waals surface area (Å²) in [5.74, 6) is -0.0208. The van der Waals surface area contributed by atoms with Gasteiger partial charge in [0.2, 0.25) is 0 Å². The van der Waals surface area contributed by atoms with Gasteiger partial charge in [-0.05, 0) is 34.1 Å². The molecule has 0 saturated carbocycles. The van der Waals surface area contributed by atoms with Gasteiger partial charge in [-0.3, -0.25) is 9.82 Å². The number of hydrogen-bond acceptors (Lipinski definition) is 4. The van der Waals surface area contributed by atoms with Crippen LogP contribution in [0.25, 0.3) is 0 Å². The predicted molar refractivity (Wildman–Crippen MR) is 73.0 cm³/mol. The molecule has 1 heterocycles. The Labute approximate surface area is 117 Å². The third kappa shape index (κ3) is 2.60. The lowest BCUT2D eigenvalue weighted by Gasteiger charge is -2.08. The van der Waals surface area contributed by atoms with Gasteiger partial charge in [0, 0.05) is 9.50 Å². The Bertz CT molecular complexity index is 686. The second-order valence-electron chi connectivity index (χ2n) is 3.38. The topological polar surface area (TPSA) is 101 Å². The summed E-state index contributed by atoms with van der Waals surface area (Å²) < 4.78 is 26.9. The van der Waals surface area contributed by atoms with Gasteiger partial charge in [0.1, 0.15) is 10.7 Å². The van der Waals surface area contributed by atoms with E-state index >= 15 is 0 Å². The largest absolute Gasteiger partial charge is 0.383 e. The fraction of sp³-hybridized carbons (Fsp3) is 0. The molecule has 0 amide bonds. The van der Waals surface area contributed by atoms with Crippen LogP contribution >= 0.6 is 27.5 Å². The van der Waals surface area contributed by atoms with Gasteiger partial charge in [0.25, 0.3) is 10.0 Å². The minimum atomic E-state index is -3.78. The molecule has 2 rings (SSSR count). The van der Waals surface area contributed by atoms with Gasteiger partial charge >= 0.3 is 0 Å².